The Morgan fingerprint density at radius 3 is 2.64 bits per heavy atom. The Hall–Kier alpha value is 0.200. The predicted octanol–water partition coefficient (Wildman–Crippen LogP) is 2.46. The van der Waals surface area contributed by atoms with E-state index in [1.54, 1.807) is 0 Å². The molecule has 1 N–H and O–H groups in total. The summed E-state index contributed by atoms with van der Waals surface area (Å²) in [6, 6.07) is 0. The monoisotopic (exact) mass is 250 g/mol. The number of nitrogens with zero attached hydrogens (tertiary/aromatic N) is 1. The highest BCUT2D eigenvalue weighted by atomic mass is 35.5. The molecule has 78 valence electrons. The SMILES string of the molecule is Clc1scc(CN2CCNCC2)c1Cl. The van der Waals surface area contributed by atoms with Gasteiger partial charge < -0.3 is 5.32 Å². The van der Waals surface area contributed by atoms with E-state index in [9.17, 15) is 0 Å². The topological polar surface area (TPSA) is 15.3 Å². The molecule has 1 aliphatic heterocycles. The fourth-order valence-corrected chi connectivity index (χ4v) is 2.81. The van der Waals surface area contributed by atoms with Gasteiger partial charge >= 0.3 is 0 Å². The molecular formula is C9H12Cl2N2S. The second kappa shape index (κ2) is 4.81. The molecule has 1 saturated heterocycles. The molecular weight excluding hydrogens is 239 g/mol. The predicted molar refractivity (Wildman–Crippen MR) is 62.5 cm³/mol. The van der Waals surface area contributed by atoms with Crippen LogP contribution in [0.15, 0.2) is 5.38 Å². The van der Waals surface area contributed by atoms with Crippen LogP contribution in [0.25, 0.3) is 0 Å². The zero-order valence-corrected chi connectivity index (χ0v) is 10.1. The number of halogens is 2. The van der Waals surface area contributed by atoms with Crippen molar-refractivity contribution in [2.75, 3.05) is 26.2 Å². The van der Waals surface area contributed by atoms with Crippen LogP contribution in [0.1, 0.15) is 5.56 Å². The van der Waals surface area contributed by atoms with Crippen molar-refractivity contribution >= 4 is 34.5 Å². The number of nitrogens with one attached hydrogen (secondary N) is 1. The van der Waals surface area contributed by atoms with E-state index >= 15 is 0 Å². The Labute approximate surface area is 97.8 Å². The van der Waals surface area contributed by atoms with Crippen LogP contribution in [0.2, 0.25) is 9.36 Å². The molecule has 0 spiro atoms. The second-order valence-electron chi connectivity index (χ2n) is 3.37. The van der Waals surface area contributed by atoms with Crippen LogP contribution in [-0.2, 0) is 6.54 Å². The maximum absolute atomic E-state index is 6.06. The van der Waals surface area contributed by atoms with Gasteiger partial charge in [-0.05, 0) is 10.9 Å². The molecule has 0 amide bonds. The molecule has 1 aromatic rings. The van der Waals surface area contributed by atoms with Gasteiger partial charge in [0.05, 0.1) is 5.02 Å². The first kappa shape index (κ1) is 10.7. The Morgan fingerprint density at radius 2 is 2.07 bits per heavy atom. The zero-order chi connectivity index (χ0) is 9.97. The molecule has 0 aromatic carbocycles. The van der Waals surface area contributed by atoms with E-state index in [4.69, 9.17) is 23.2 Å². The van der Waals surface area contributed by atoms with Crippen molar-refractivity contribution in [3.05, 3.63) is 20.3 Å². The summed E-state index contributed by atoms with van der Waals surface area (Å²) in [7, 11) is 0. The lowest BCUT2D eigenvalue weighted by Crippen LogP contribution is -2.42. The van der Waals surface area contributed by atoms with Crippen molar-refractivity contribution in [2.45, 2.75) is 6.54 Å². The van der Waals surface area contributed by atoms with Crippen LogP contribution >= 0.6 is 34.5 Å². The quantitative estimate of drug-likeness (QED) is 0.868. The van der Waals surface area contributed by atoms with Crippen molar-refractivity contribution in [3.63, 3.8) is 0 Å². The van der Waals surface area contributed by atoms with E-state index in [0.717, 1.165) is 43.3 Å². The molecule has 5 heteroatoms. The van der Waals surface area contributed by atoms with E-state index in [2.05, 4.69) is 10.2 Å². The minimum atomic E-state index is 0.705. The molecule has 1 aromatic heterocycles. The minimum Gasteiger partial charge on any atom is -0.314 e. The summed E-state index contributed by atoms with van der Waals surface area (Å²) in [5.41, 5.74) is 1.16. The van der Waals surface area contributed by atoms with Crippen LogP contribution in [0, 0.1) is 0 Å². The van der Waals surface area contributed by atoms with Crippen LogP contribution < -0.4 is 5.32 Å². The summed E-state index contributed by atoms with van der Waals surface area (Å²) in [6.07, 6.45) is 0. The number of thiophene rings is 1. The first-order chi connectivity index (χ1) is 6.77. The Kier molecular flexibility index (Phi) is 3.68. The Bertz CT molecular complexity index is 308. The largest absolute Gasteiger partial charge is 0.314 e. The molecule has 0 atom stereocenters. The number of piperazine rings is 1. The highest BCUT2D eigenvalue weighted by Gasteiger charge is 2.14. The Morgan fingerprint density at radius 1 is 1.36 bits per heavy atom. The first-order valence-electron chi connectivity index (χ1n) is 4.62. The van der Waals surface area contributed by atoms with Gasteiger partial charge in [0.25, 0.3) is 0 Å². The average Bonchev–Trinajstić information content (AvgIpc) is 2.52. The summed E-state index contributed by atoms with van der Waals surface area (Å²) in [4.78, 5) is 2.39. The van der Waals surface area contributed by atoms with Gasteiger partial charge in [-0.2, -0.15) is 0 Å². The van der Waals surface area contributed by atoms with Gasteiger partial charge in [0.2, 0.25) is 0 Å². The molecule has 1 fully saturated rings. The summed E-state index contributed by atoms with van der Waals surface area (Å²) in [5, 5.41) is 6.10. The third-order valence-electron chi connectivity index (χ3n) is 2.36. The van der Waals surface area contributed by atoms with Crippen molar-refractivity contribution < 1.29 is 0 Å². The maximum Gasteiger partial charge on any atom is 0.112 e. The zero-order valence-electron chi connectivity index (χ0n) is 7.72. The summed E-state index contributed by atoms with van der Waals surface area (Å²) in [6.45, 7) is 5.22. The fraction of sp³-hybridized carbons (Fsp3) is 0.556. The summed E-state index contributed by atoms with van der Waals surface area (Å²) in [5.74, 6) is 0. The molecule has 2 heterocycles. The molecule has 0 radical (unpaired) electrons. The fourth-order valence-electron chi connectivity index (χ4n) is 1.57. The van der Waals surface area contributed by atoms with E-state index in [1.807, 2.05) is 5.38 Å². The first-order valence-corrected chi connectivity index (χ1v) is 6.25. The van der Waals surface area contributed by atoms with Crippen LogP contribution in [0.3, 0.4) is 0 Å². The van der Waals surface area contributed by atoms with Crippen molar-refractivity contribution in [3.8, 4) is 0 Å². The number of hydrogen-bond acceptors (Lipinski definition) is 3. The van der Waals surface area contributed by atoms with Gasteiger partial charge in [0.1, 0.15) is 4.34 Å². The highest BCUT2D eigenvalue weighted by molar-refractivity contribution is 7.15. The molecule has 14 heavy (non-hydrogen) atoms. The maximum atomic E-state index is 6.06. The number of hydrogen-bond donors (Lipinski definition) is 1. The third-order valence-corrected chi connectivity index (χ3v) is 4.27. The van der Waals surface area contributed by atoms with Gasteiger partial charge in [-0.1, -0.05) is 23.2 Å². The van der Waals surface area contributed by atoms with E-state index < -0.39 is 0 Å². The van der Waals surface area contributed by atoms with Crippen LogP contribution in [0.4, 0.5) is 0 Å². The molecule has 0 unspecified atom stereocenters. The van der Waals surface area contributed by atoms with Crippen LogP contribution in [0.5, 0.6) is 0 Å². The van der Waals surface area contributed by atoms with Gasteiger partial charge in [-0.3, -0.25) is 4.90 Å². The molecule has 0 bridgehead atoms. The number of rotatable bonds is 2. The van der Waals surface area contributed by atoms with Gasteiger partial charge in [0, 0.05) is 32.7 Å². The average molecular weight is 251 g/mol. The smallest absolute Gasteiger partial charge is 0.112 e. The van der Waals surface area contributed by atoms with Crippen molar-refractivity contribution in [1.82, 2.24) is 10.2 Å². The highest BCUT2D eigenvalue weighted by Crippen LogP contribution is 2.32. The van der Waals surface area contributed by atoms with E-state index in [-0.39, 0.29) is 0 Å². The van der Waals surface area contributed by atoms with Crippen molar-refractivity contribution in [2.24, 2.45) is 0 Å². The lowest BCUT2D eigenvalue weighted by Gasteiger charge is -2.26. The van der Waals surface area contributed by atoms with Gasteiger partial charge in [0.15, 0.2) is 0 Å². The third kappa shape index (κ3) is 2.41. The summed E-state index contributed by atoms with van der Waals surface area (Å²) < 4.78 is 0.705. The Balaban J connectivity index is 1.99. The molecule has 2 rings (SSSR count). The lowest BCUT2D eigenvalue weighted by molar-refractivity contribution is 0.233. The van der Waals surface area contributed by atoms with Gasteiger partial charge in [-0.15, -0.1) is 11.3 Å². The molecule has 1 aliphatic rings. The van der Waals surface area contributed by atoms with E-state index in [0.29, 0.717) is 4.34 Å². The normalized spacial score (nSPS) is 18.7. The standard InChI is InChI=1S/C9H12Cl2N2S/c10-8-7(6-14-9(8)11)5-13-3-1-12-2-4-13/h6,12H,1-5H2. The minimum absolute atomic E-state index is 0.705. The molecule has 2 nitrogen and oxygen atoms in total. The van der Waals surface area contributed by atoms with E-state index in [1.165, 1.54) is 11.3 Å². The molecule has 0 saturated carbocycles. The second-order valence-corrected chi connectivity index (χ2v) is 5.23. The lowest BCUT2D eigenvalue weighted by atomic mass is 10.3. The molecule has 0 aliphatic carbocycles. The van der Waals surface area contributed by atoms with Crippen LogP contribution in [-0.4, -0.2) is 31.1 Å². The van der Waals surface area contributed by atoms with Gasteiger partial charge in [-0.25, -0.2) is 0 Å². The van der Waals surface area contributed by atoms with Crippen molar-refractivity contribution in [1.29, 1.82) is 0 Å². The summed E-state index contributed by atoms with van der Waals surface area (Å²) >= 11 is 13.5.